The van der Waals surface area contributed by atoms with Crippen molar-refractivity contribution < 1.29 is 19.1 Å². The maximum atomic E-state index is 11.6. The molecule has 0 saturated carbocycles. The molecule has 0 aliphatic rings. The summed E-state index contributed by atoms with van der Waals surface area (Å²) >= 11 is 5.66. The standard InChI is InChI=1S/C11H14ClN3O4/c1-11(2,3)19-10(17)13-6-5-7(12)14-15-8(6)9(16)18-4/h5H,1-4H3,(H,13,14,17). The van der Waals surface area contributed by atoms with Crippen molar-refractivity contribution in [2.24, 2.45) is 0 Å². The number of rotatable bonds is 2. The molecule has 1 amide bonds. The summed E-state index contributed by atoms with van der Waals surface area (Å²) in [5.41, 5.74) is -0.751. The fraction of sp³-hybridized carbons (Fsp3) is 0.455. The Morgan fingerprint density at radius 1 is 1.32 bits per heavy atom. The summed E-state index contributed by atoms with van der Waals surface area (Å²) in [6.45, 7) is 5.14. The van der Waals surface area contributed by atoms with Gasteiger partial charge < -0.3 is 9.47 Å². The van der Waals surface area contributed by atoms with E-state index in [4.69, 9.17) is 16.3 Å². The van der Waals surface area contributed by atoms with Gasteiger partial charge in [0, 0.05) is 6.07 Å². The SMILES string of the molecule is COC(=O)c1nnc(Cl)cc1NC(=O)OC(C)(C)C. The number of hydrogen-bond donors (Lipinski definition) is 1. The first-order valence-corrected chi connectivity index (χ1v) is 5.72. The van der Waals surface area contributed by atoms with Crippen molar-refractivity contribution in [3.8, 4) is 0 Å². The van der Waals surface area contributed by atoms with E-state index in [1.807, 2.05) is 0 Å². The fourth-order valence-electron chi connectivity index (χ4n) is 1.12. The number of methoxy groups -OCH3 is 1. The van der Waals surface area contributed by atoms with Gasteiger partial charge in [0.2, 0.25) is 0 Å². The zero-order chi connectivity index (χ0) is 14.6. The van der Waals surface area contributed by atoms with Crippen molar-refractivity contribution in [2.45, 2.75) is 26.4 Å². The average Bonchev–Trinajstić information content (AvgIpc) is 2.25. The van der Waals surface area contributed by atoms with Crippen LogP contribution in [0, 0.1) is 0 Å². The van der Waals surface area contributed by atoms with Crippen LogP contribution in [0.2, 0.25) is 5.15 Å². The minimum absolute atomic E-state index is 0.0266. The van der Waals surface area contributed by atoms with E-state index in [0.717, 1.165) is 0 Å². The number of aromatic nitrogens is 2. The number of ether oxygens (including phenoxy) is 2. The molecular formula is C11H14ClN3O4. The van der Waals surface area contributed by atoms with E-state index in [1.165, 1.54) is 13.2 Å². The van der Waals surface area contributed by atoms with Crippen LogP contribution in [-0.2, 0) is 9.47 Å². The molecular weight excluding hydrogens is 274 g/mol. The lowest BCUT2D eigenvalue weighted by molar-refractivity contribution is 0.0594. The Kier molecular flexibility index (Phi) is 4.66. The number of anilines is 1. The molecule has 0 spiro atoms. The third-order valence-corrected chi connectivity index (χ3v) is 1.96. The molecule has 1 aromatic rings. The molecule has 19 heavy (non-hydrogen) atoms. The molecule has 0 aromatic carbocycles. The zero-order valence-electron chi connectivity index (χ0n) is 11.0. The highest BCUT2D eigenvalue weighted by Crippen LogP contribution is 2.18. The maximum Gasteiger partial charge on any atom is 0.412 e. The Hall–Kier alpha value is -1.89. The number of halogens is 1. The van der Waals surface area contributed by atoms with Crippen LogP contribution in [0.1, 0.15) is 31.3 Å². The molecule has 1 heterocycles. The summed E-state index contributed by atoms with van der Waals surface area (Å²) in [5.74, 6) is -0.741. The van der Waals surface area contributed by atoms with Crippen LogP contribution in [0.4, 0.5) is 10.5 Å². The second-order valence-corrected chi connectivity index (χ2v) is 4.94. The largest absolute Gasteiger partial charge is 0.464 e. The number of carbonyl (C=O) groups excluding carboxylic acids is 2. The van der Waals surface area contributed by atoms with E-state index in [0.29, 0.717) is 0 Å². The van der Waals surface area contributed by atoms with Crippen LogP contribution in [0.5, 0.6) is 0 Å². The second-order valence-electron chi connectivity index (χ2n) is 4.55. The van der Waals surface area contributed by atoms with Crippen molar-refractivity contribution in [3.05, 3.63) is 16.9 Å². The normalized spacial score (nSPS) is 10.8. The lowest BCUT2D eigenvalue weighted by Crippen LogP contribution is -2.28. The number of nitrogens with one attached hydrogen (secondary N) is 1. The van der Waals surface area contributed by atoms with Gasteiger partial charge in [-0.2, -0.15) is 0 Å². The summed E-state index contributed by atoms with van der Waals surface area (Å²) < 4.78 is 9.58. The number of esters is 1. The topological polar surface area (TPSA) is 90.4 Å². The van der Waals surface area contributed by atoms with E-state index in [9.17, 15) is 9.59 Å². The van der Waals surface area contributed by atoms with Gasteiger partial charge in [0.15, 0.2) is 10.8 Å². The fourth-order valence-corrected chi connectivity index (χ4v) is 1.27. The van der Waals surface area contributed by atoms with Gasteiger partial charge in [-0.15, -0.1) is 10.2 Å². The quantitative estimate of drug-likeness (QED) is 0.839. The summed E-state index contributed by atoms with van der Waals surface area (Å²) in [4.78, 5) is 23.1. The van der Waals surface area contributed by atoms with Crippen LogP contribution in [0.3, 0.4) is 0 Å². The maximum absolute atomic E-state index is 11.6. The van der Waals surface area contributed by atoms with Crippen LogP contribution in [0.25, 0.3) is 0 Å². The first-order valence-electron chi connectivity index (χ1n) is 5.34. The van der Waals surface area contributed by atoms with Gasteiger partial charge in [0.1, 0.15) is 5.60 Å². The van der Waals surface area contributed by atoms with Gasteiger partial charge in [0.05, 0.1) is 12.8 Å². The summed E-state index contributed by atoms with van der Waals surface area (Å²) in [6.07, 6.45) is -0.735. The molecule has 0 radical (unpaired) electrons. The van der Waals surface area contributed by atoms with Crippen molar-refractivity contribution in [2.75, 3.05) is 12.4 Å². The molecule has 0 bridgehead atoms. The Morgan fingerprint density at radius 3 is 2.47 bits per heavy atom. The molecule has 0 fully saturated rings. The summed E-state index contributed by atoms with van der Waals surface area (Å²) in [7, 11) is 1.19. The highest BCUT2D eigenvalue weighted by Gasteiger charge is 2.21. The van der Waals surface area contributed by atoms with Crippen LogP contribution in [0.15, 0.2) is 6.07 Å². The van der Waals surface area contributed by atoms with Gasteiger partial charge in [0.25, 0.3) is 0 Å². The van der Waals surface area contributed by atoms with Gasteiger partial charge >= 0.3 is 12.1 Å². The van der Waals surface area contributed by atoms with Gasteiger partial charge in [-0.3, -0.25) is 5.32 Å². The smallest absolute Gasteiger partial charge is 0.412 e. The molecule has 0 aliphatic heterocycles. The zero-order valence-corrected chi connectivity index (χ0v) is 11.7. The molecule has 1 N–H and O–H groups in total. The molecule has 7 nitrogen and oxygen atoms in total. The second kappa shape index (κ2) is 5.83. The number of hydrogen-bond acceptors (Lipinski definition) is 6. The molecule has 0 atom stereocenters. The van der Waals surface area contributed by atoms with Crippen molar-refractivity contribution in [1.29, 1.82) is 0 Å². The molecule has 0 unspecified atom stereocenters. The summed E-state index contributed by atoms with van der Waals surface area (Å²) in [5, 5.41) is 9.49. The lowest BCUT2D eigenvalue weighted by Gasteiger charge is -2.20. The van der Waals surface area contributed by atoms with E-state index >= 15 is 0 Å². The van der Waals surface area contributed by atoms with E-state index in [-0.39, 0.29) is 16.5 Å². The van der Waals surface area contributed by atoms with Crippen LogP contribution in [-0.4, -0.2) is 35.0 Å². The molecule has 1 aromatic heterocycles. The molecule has 104 valence electrons. The third-order valence-electron chi connectivity index (χ3n) is 1.78. The minimum atomic E-state index is -0.741. The van der Waals surface area contributed by atoms with Crippen LogP contribution < -0.4 is 5.32 Å². The lowest BCUT2D eigenvalue weighted by atomic mass is 10.2. The first-order chi connectivity index (χ1) is 8.73. The molecule has 0 saturated heterocycles. The van der Waals surface area contributed by atoms with Crippen molar-refractivity contribution in [1.82, 2.24) is 10.2 Å². The Bertz CT molecular complexity index is 499. The first kappa shape index (κ1) is 15.2. The average molecular weight is 288 g/mol. The minimum Gasteiger partial charge on any atom is -0.464 e. The van der Waals surface area contributed by atoms with E-state index in [1.54, 1.807) is 20.8 Å². The number of amides is 1. The van der Waals surface area contributed by atoms with Gasteiger partial charge in [-0.25, -0.2) is 9.59 Å². The predicted octanol–water partition coefficient (Wildman–Crippen LogP) is 2.26. The Labute approximate surface area is 115 Å². The van der Waals surface area contributed by atoms with E-state index in [2.05, 4.69) is 20.3 Å². The van der Waals surface area contributed by atoms with E-state index < -0.39 is 17.7 Å². The molecule has 8 heteroatoms. The predicted molar refractivity (Wildman–Crippen MR) is 68.2 cm³/mol. The van der Waals surface area contributed by atoms with Gasteiger partial charge in [-0.05, 0) is 20.8 Å². The highest BCUT2D eigenvalue weighted by molar-refractivity contribution is 6.29. The Morgan fingerprint density at radius 2 is 1.95 bits per heavy atom. The van der Waals surface area contributed by atoms with Gasteiger partial charge in [-0.1, -0.05) is 11.6 Å². The van der Waals surface area contributed by atoms with Crippen molar-refractivity contribution >= 4 is 29.4 Å². The number of carbonyl (C=O) groups is 2. The molecule has 1 rings (SSSR count). The number of nitrogens with zero attached hydrogens (tertiary/aromatic N) is 2. The Balaban J connectivity index is 2.96. The third kappa shape index (κ3) is 4.70. The molecule has 0 aliphatic carbocycles. The van der Waals surface area contributed by atoms with Crippen LogP contribution >= 0.6 is 11.6 Å². The monoisotopic (exact) mass is 287 g/mol. The highest BCUT2D eigenvalue weighted by atomic mass is 35.5. The summed E-state index contributed by atoms with van der Waals surface area (Å²) in [6, 6.07) is 1.28. The van der Waals surface area contributed by atoms with Crippen molar-refractivity contribution in [3.63, 3.8) is 0 Å².